The van der Waals surface area contributed by atoms with Crippen LogP contribution in [0.15, 0.2) is 22.8 Å². The van der Waals surface area contributed by atoms with Crippen LogP contribution in [-0.2, 0) is 4.79 Å². The summed E-state index contributed by atoms with van der Waals surface area (Å²) < 4.78 is 0. The number of hydrogen-bond acceptors (Lipinski definition) is 1. The molecule has 0 saturated heterocycles. The van der Waals surface area contributed by atoms with E-state index in [2.05, 4.69) is 6.08 Å². The van der Waals surface area contributed by atoms with Crippen molar-refractivity contribution in [3.05, 3.63) is 22.8 Å². The highest BCUT2D eigenvalue weighted by molar-refractivity contribution is 5.73. The van der Waals surface area contributed by atoms with Crippen molar-refractivity contribution in [3.63, 3.8) is 0 Å². The minimum atomic E-state index is -0.140. The fourth-order valence-corrected chi connectivity index (χ4v) is 7.18. The van der Waals surface area contributed by atoms with Crippen molar-refractivity contribution < 1.29 is 4.79 Å². The van der Waals surface area contributed by atoms with Gasteiger partial charge >= 0.3 is 0 Å². The van der Waals surface area contributed by atoms with Crippen LogP contribution in [0.2, 0.25) is 0 Å². The van der Waals surface area contributed by atoms with Gasteiger partial charge in [-0.05, 0) is 99.0 Å². The summed E-state index contributed by atoms with van der Waals surface area (Å²) in [4.78, 5) is 10.8. The largest absolute Gasteiger partial charge is 0.370 e. The molecule has 4 rings (SSSR count). The van der Waals surface area contributed by atoms with Crippen molar-refractivity contribution in [3.8, 4) is 0 Å². The lowest BCUT2D eigenvalue weighted by molar-refractivity contribution is -0.118. The Kier molecular flexibility index (Phi) is 6.09. The van der Waals surface area contributed by atoms with E-state index in [0.29, 0.717) is 11.8 Å². The van der Waals surface area contributed by atoms with Crippen molar-refractivity contribution >= 4 is 5.91 Å². The molecule has 0 aromatic rings. The molecule has 2 fully saturated rings. The second-order valence-electron chi connectivity index (χ2n) is 9.87. The number of amides is 1. The zero-order valence-electron chi connectivity index (χ0n) is 17.2. The number of fused-ring (bicyclic) bond motifs is 4. The van der Waals surface area contributed by atoms with E-state index in [0.717, 1.165) is 18.3 Å². The van der Waals surface area contributed by atoms with E-state index in [4.69, 9.17) is 5.73 Å². The molecule has 1 amide bonds. The molecule has 2 saturated carbocycles. The van der Waals surface area contributed by atoms with Gasteiger partial charge in [-0.3, -0.25) is 4.79 Å². The van der Waals surface area contributed by atoms with Crippen molar-refractivity contribution in [1.82, 2.24) is 0 Å². The standard InChI is InChI=1S/C25H39NO/c26-24(27)12-4-2-1-3-7-16-25-17-8-11-23(25)22-14-13-19-9-5-6-10-20(19)21(22)15-18-25/h9,22-23H,1-8,10-18H2,(H2,26,27)/t22-,23+,25+/m1/s1. The number of nitrogens with two attached hydrogens (primary N) is 1. The van der Waals surface area contributed by atoms with Gasteiger partial charge in [0.15, 0.2) is 0 Å². The molecule has 0 aromatic heterocycles. The third kappa shape index (κ3) is 4.05. The van der Waals surface area contributed by atoms with E-state index in [1.807, 2.05) is 11.1 Å². The fourth-order valence-electron chi connectivity index (χ4n) is 7.18. The predicted octanol–water partition coefficient (Wildman–Crippen LogP) is 6.60. The summed E-state index contributed by atoms with van der Waals surface area (Å²) >= 11 is 0. The molecule has 4 aliphatic carbocycles. The number of unbranched alkanes of at least 4 members (excludes halogenated alkanes) is 4. The van der Waals surface area contributed by atoms with Crippen LogP contribution in [0, 0.1) is 17.3 Å². The van der Waals surface area contributed by atoms with Crippen LogP contribution < -0.4 is 5.73 Å². The zero-order chi connectivity index (χ0) is 18.7. The maximum absolute atomic E-state index is 10.8. The monoisotopic (exact) mass is 369 g/mol. The van der Waals surface area contributed by atoms with Gasteiger partial charge in [-0.15, -0.1) is 0 Å². The van der Waals surface area contributed by atoms with E-state index in [-0.39, 0.29) is 5.91 Å². The number of rotatable bonds is 8. The number of allylic oxidation sites excluding steroid dienone is 4. The normalized spacial score (nSPS) is 32.5. The van der Waals surface area contributed by atoms with Crippen LogP contribution in [0.1, 0.15) is 109 Å². The van der Waals surface area contributed by atoms with Gasteiger partial charge in [0.1, 0.15) is 0 Å². The molecule has 0 heterocycles. The maximum atomic E-state index is 10.8. The minimum Gasteiger partial charge on any atom is -0.370 e. The first-order valence-electron chi connectivity index (χ1n) is 11.9. The average Bonchev–Trinajstić information content (AvgIpc) is 3.11. The zero-order valence-corrected chi connectivity index (χ0v) is 17.2. The van der Waals surface area contributed by atoms with Gasteiger partial charge in [-0.1, -0.05) is 43.8 Å². The quantitative estimate of drug-likeness (QED) is 0.481. The van der Waals surface area contributed by atoms with Gasteiger partial charge in [0.05, 0.1) is 0 Å². The van der Waals surface area contributed by atoms with Gasteiger partial charge in [0.25, 0.3) is 0 Å². The highest BCUT2D eigenvalue weighted by atomic mass is 16.1. The highest BCUT2D eigenvalue weighted by Crippen LogP contribution is 2.62. The second-order valence-corrected chi connectivity index (χ2v) is 9.87. The van der Waals surface area contributed by atoms with Gasteiger partial charge < -0.3 is 5.73 Å². The third-order valence-corrected chi connectivity index (χ3v) is 8.42. The molecule has 0 unspecified atom stereocenters. The summed E-state index contributed by atoms with van der Waals surface area (Å²) in [5.74, 6) is 1.78. The number of carbonyl (C=O) groups is 1. The van der Waals surface area contributed by atoms with E-state index in [1.54, 1.807) is 5.57 Å². The van der Waals surface area contributed by atoms with E-state index in [1.165, 1.54) is 96.3 Å². The highest BCUT2D eigenvalue weighted by Gasteiger charge is 2.50. The van der Waals surface area contributed by atoms with Gasteiger partial charge in [-0.25, -0.2) is 0 Å². The summed E-state index contributed by atoms with van der Waals surface area (Å²) in [6.45, 7) is 0. The molecular formula is C25H39NO. The molecule has 2 N–H and O–H groups in total. The van der Waals surface area contributed by atoms with Gasteiger partial charge in [-0.2, -0.15) is 0 Å². The van der Waals surface area contributed by atoms with Crippen molar-refractivity contribution in [1.29, 1.82) is 0 Å². The van der Waals surface area contributed by atoms with Crippen LogP contribution >= 0.6 is 0 Å². The first-order chi connectivity index (χ1) is 13.2. The summed E-state index contributed by atoms with van der Waals surface area (Å²) in [5.41, 5.74) is 11.4. The van der Waals surface area contributed by atoms with Gasteiger partial charge in [0, 0.05) is 6.42 Å². The number of carbonyl (C=O) groups excluding carboxylic acids is 1. The first-order valence-corrected chi connectivity index (χ1v) is 11.9. The molecule has 2 nitrogen and oxygen atoms in total. The number of hydrogen-bond donors (Lipinski definition) is 1. The molecular weight excluding hydrogens is 330 g/mol. The molecule has 0 aliphatic heterocycles. The van der Waals surface area contributed by atoms with E-state index < -0.39 is 0 Å². The Labute approximate surface area is 166 Å². The Bertz CT molecular complexity index is 616. The Morgan fingerprint density at radius 1 is 1.00 bits per heavy atom. The van der Waals surface area contributed by atoms with Crippen molar-refractivity contribution in [2.45, 2.75) is 109 Å². The lowest BCUT2D eigenvalue weighted by atomic mass is 9.56. The second kappa shape index (κ2) is 8.53. The summed E-state index contributed by atoms with van der Waals surface area (Å²) in [6, 6.07) is 0. The SMILES string of the molecule is NC(=O)CCCCCCC[C@@]12CCC[C@H]1[C@@H]1CCC3=CCCCC3=C1CC2. The molecule has 0 aromatic carbocycles. The predicted molar refractivity (Wildman–Crippen MR) is 112 cm³/mol. The number of primary amides is 1. The molecule has 0 radical (unpaired) electrons. The summed E-state index contributed by atoms with van der Waals surface area (Å²) in [5, 5.41) is 0. The first kappa shape index (κ1) is 19.3. The molecule has 0 bridgehead atoms. The molecule has 4 aliphatic rings. The lowest BCUT2D eigenvalue weighted by Gasteiger charge is -2.49. The van der Waals surface area contributed by atoms with E-state index >= 15 is 0 Å². The Morgan fingerprint density at radius 2 is 1.85 bits per heavy atom. The molecule has 3 atom stereocenters. The summed E-state index contributed by atoms with van der Waals surface area (Å²) in [6.07, 6.45) is 25.1. The maximum Gasteiger partial charge on any atom is 0.217 e. The minimum absolute atomic E-state index is 0.140. The van der Waals surface area contributed by atoms with Crippen molar-refractivity contribution in [2.24, 2.45) is 23.0 Å². The molecule has 0 spiro atoms. The Morgan fingerprint density at radius 3 is 2.74 bits per heavy atom. The van der Waals surface area contributed by atoms with Crippen LogP contribution in [0.3, 0.4) is 0 Å². The molecule has 27 heavy (non-hydrogen) atoms. The molecule has 2 heteroatoms. The van der Waals surface area contributed by atoms with Gasteiger partial charge in [0.2, 0.25) is 5.91 Å². The lowest BCUT2D eigenvalue weighted by Crippen LogP contribution is -2.38. The van der Waals surface area contributed by atoms with Crippen LogP contribution in [0.5, 0.6) is 0 Å². The van der Waals surface area contributed by atoms with Crippen LogP contribution in [-0.4, -0.2) is 5.91 Å². The average molecular weight is 370 g/mol. The summed E-state index contributed by atoms with van der Waals surface area (Å²) in [7, 11) is 0. The third-order valence-electron chi connectivity index (χ3n) is 8.42. The fraction of sp³-hybridized carbons (Fsp3) is 0.800. The van der Waals surface area contributed by atoms with Crippen LogP contribution in [0.4, 0.5) is 0 Å². The van der Waals surface area contributed by atoms with E-state index in [9.17, 15) is 4.79 Å². The van der Waals surface area contributed by atoms with Crippen LogP contribution in [0.25, 0.3) is 0 Å². The Hall–Kier alpha value is -1.05. The Balaban J connectivity index is 1.34. The topological polar surface area (TPSA) is 43.1 Å². The van der Waals surface area contributed by atoms with Crippen molar-refractivity contribution in [2.75, 3.05) is 0 Å². The smallest absolute Gasteiger partial charge is 0.217 e. The molecule has 150 valence electrons.